The van der Waals surface area contributed by atoms with Crippen LogP contribution in [0.4, 0.5) is 5.69 Å². The molecule has 2 aromatic rings. The van der Waals surface area contributed by atoms with Gasteiger partial charge in [-0.2, -0.15) is 4.31 Å². The van der Waals surface area contributed by atoms with Gasteiger partial charge < -0.3 is 4.90 Å². The molecular weight excluding hydrogens is 376 g/mol. The molecule has 136 valence electrons. The highest BCUT2D eigenvalue weighted by molar-refractivity contribution is 7.91. The Morgan fingerprint density at radius 3 is 2.36 bits per heavy atom. The molecule has 0 saturated carbocycles. The number of nitrogens with zero attached hydrogens (tertiary/aromatic N) is 2. The maximum absolute atomic E-state index is 12.8. The van der Waals surface area contributed by atoms with Gasteiger partial charge >= 0.3 is 0 Å². The predicted molar refractivity (Wildman–Crippen MR) is 106 cm³/mol. The number of anilines is 1. The topological polar surface area (TPSA) is 40.6 Å². The standard InChI is InChI=1S/C18H23ClN2O2S2/c1-4-15-5-6-17(24-15)25(22,23)21-9-7-20(8-10-21)18-14(3)11-13(2)12-16(18)19/h5-6,11-12H,4,7-10H2,1-3H3. The lowest BCUT2D eigenvalue weighted by atomic mass is 10.1. The number of halogens is 1. The molecule has 25 heavy (non-hydrogen) atoms. The molecule has 0 aliphatic carbocycles. The van der Waals surface area contributed by atoms with Gasteiger partial charge in [-0.1, -0.05) is 24.6 Å². The lowest BCUT2D eigenvalue weighted by Gasteiger charge is -2.36. The summed E-state index contributed by atoms with van der Waals surface area (Å²) in [5.74, 6) is 0. The van der Waals surface area contributed by atoms with E-state index in [4.69, 9.17) is 11.6 Å². The van der Waals surface area contributed by atoms with Gasteiger partial charge in [-0.05, 0) is 49.6 Å². The van der Waals surface area contributed by atoms with Crippen LogP contribution in [0, 0.1) is 13.8 Å². The zero-order valence-electron chi connectivity index (χ0n) is 14.8. The van der Waals surface area contributed by atoms with Crippen LogP contribution in [0.5, 0.6) is 0 Å². The number of piperazine rings is 1. The Balaban J connectivity index is 1.76. The molecule has 0 spiro atoms. The minimum Gasteiger partial charge on any atom is -0.367 e. The first kappa shape index (κ1) is 18.7. The average molecular weight is 399 g/mol. The lowest BCUT2D eigenvalue weighted by Crippen LogP contribution is -2.48. The smallest absolute Gasteiger partial charge is 0.252 e. The summed E-state index contributed by atoms with van der Waals surface area (Å²) in [4.78, 5) is 3.29. The highest BCUT2D eigenvalue weighted by Gasteiger charge is 2.30. The number of sulfonamides is 1. The van der Waals surface area contributed by atoms with Crippen molar-refractivity contribution in [3.8, 4) is 0 Å². The summed E-state index contributed by atoms with van der Waals surface area (Å²) in [7, 11) is -3.39. The number of benzene rings is 1. The van der Waals surface area contributed by atoms with E-state index in [9.17, 15) is 8.42 Å². The zero-order valence-corrected chi connectivity index (χ0v) is 17.1. The zero-order chi connectivity index (χ0) is 18.2. The van der Waals surface area contributed by atoms with Crippen LogP contribution in [0.15, 0.2) is 28.5 Å². The summed E-state index contributed by atoms with van der Waals surface area (Å²) in [6.07, 6.45) is 0.860. The lowest BCUT2D eigenvalue weighted by molar-refractivity contribution is 0.386. The normalized spacial score (nSPS) is 16.4. The van der Waals surface area contributed by atoms with Gasteiger partial charge in [-0.3, -0.25) is 0 Å². The molecule has 0 N–H and O–H groups in total. The van der Waals surface area contributed by atoms with Crippen LogP contribution < -0.4 is 4.90 Å². The Hall–Kier alpha value is -1.08. The van der Waals surface area contributed by atoms with Gasteiger partial charge in [-0.15, -0.1) is 11.3 Å². The number of hydrogen-bond acceptors (Lipinski definition) is 4. The van der Waals surface area contributed by atoms with Crippen molar-refractivity contribution in [1.29, 1.82) is 0 Å². The molecule has 0 atom stereocenters. The monoisotopic (exact) mass is 398 g/mol. The van der Waals surface area contributed by atoms with Gasteiger partial charge in [0.25, 0.3) is 10.0 Å². The van der Waals surface area contributed by atoms with E-state index in [1.54, 1.807) is 10.4 Å². The fraction of sp³-hybridized carbons (Fsp3) is 0.444. The quantitative estimate of drug-likeness (QED) is 0.778. The van der Waals surface area contributed by atoms with E-state index in [0.717, 1.165) is 33.1 Å². The number of aryl methyl sites for hydroxylation is 3. The minimum absolute atomic E-state index is 0.447. The molecular formula is C18H23ClN2O2S2. The maximum atomic E-state index is 12.8. The second-order valence-electron chi connectivity index (χ2n) is 6.38. The van der Waals surface area contributed by atoms with Crippen LogP contribution in [0.25, 0.3) is 0 Å². The molecule has 0 unspecified atom stereocenters. The second-order valence-corrected chi connectivity index (χ2v) is 10.1. The van der Waals surface area contributed by atoms with Crippen molar-refractivity contribution < 1.29 is 8.42 Å². The van der Waals surface area contributed by atoms with E-state index in [2.05, 4.69) is 17.9 Å². The molecule has 4 nitrogen and oxygen atoms in total. The van der Waals surface area contributed by atoms with Crippen LogP contribution in [-0.2, 0) is 16.4 Å². The van der Waals surface area contributed by atoms with Crippen LogP contribution in [0.1, 0.15) is 22.9 Å². The molecule has 3 rings (SSSR count). The van der Waals surface area contributed by atoms with Crippen molar-refractivity contribution >= 4 is 38.6 Å². The maximum Gasteiger partial charge on any atom is 0.252 e. The number of rotatable bonds is 4. The first-order chi connectivity index (χ1) is 11.8. The fourth-order valence-corrected chi connectivity index (χ4v) is 6.59. The summed E-state index contributed by atoms with van der Waals surface area (Å²) in [6, 6.07) is 7.71. The van der Waals surface area contributed by atoms with Crippen molar-refractivity contribution in [3.05, 3.63) is 45.3 Å². The fourth-order valence-electron chi connectivity index (χ4n) is 3.27. The van der Waals surface area contributed by atoms with Crippen LogP contribution in [-0.4, -0.2) is 38.9 Å². The van der Waals surface area contributed by atoms with E-state index in [1.165, 1.54) is 11.3 Å². The van der Waals surface area contributed by atoms with E-state index < -0.39 is 10.0 Å². The molecule has 0 bridgehead atoms. The van der Waals surface area contributed by atoms with Crippen molar-refractivity contribution in [2.75, 3.05) is 31.1 Å². The third-order valence-corrected chi connectivity index (χ3v) is 8.42. The largest absolute Gasteiger partial charge is 0.367 e. The third kappa shape index (κ3) is 3.72. The van der Waals surface area contributed by atoms with Crippen molar-refractivity contribution in [2.45, 2.75) is 31.4 Å². The molecule has 1 aromatic carbocycles. The number of thiophene rings is 1. The van der Waals surface area contributed by atoms with E-state index >= 15 is 0 Å². The highest BCUT2D eigenvalue weighted by Crippen LogP contribution is 2.33. The Morgan fingerprint density at radius 2 is 1.80 bits per heavy atom. The number of hydrogen-bond donors (Lipinski definition) is 0. The third-order valence-electron chi connectivity index (χ3n) is 4.53. The Labute approximate surface area is 159 Å². The van der Waals surface area contributed by atoms with Gasteiger partial charge in [0, 0.05) is 31.1 Å². The molecule has 2 heterocycles. The summed E-state index contributed by atoms with van der Waals surface area (Å²) in [5.41, 5.74) is 3.29. The molecule has 1 fully saturated rings. The summed E-state index contributed by atoms with van der Waals surface area (Å²) < 4.78 is 27.7. The summed E-state index contributed by atoms with van der Waals surface area (Å²) in [5, 5.41) is 0.736. The van der Waals surface area contributed by atoms with Gasteiger partial charge in [0.05, 0.1) is 10.7 Å². The molecule has 1 aliphatic rings. The first-order valence-electron chi connectivity index (χ1n) is 8.43. The Bertz CT molecular complexity index is 846. The average Bonchev–Trinajstić information content (AvgIpc) is 3.04. The molecule has 0 amide bonds. The van der Waals surface area contributed by atoms with E-state index in [1.807, 2.05) is 26.0 Å². The van der Waals surface area contributed by atoms with Gasteiger partial charge in [0.1, 0.15) is 4.21 Å². The second kappa shape index (κ2) is 7.27. The van der Waals surface area contributed by atoms with Crippen molar-refractivity contribution in [1.82, 2.24) is 4.31 Å². The Kier molecular flexibility index (Phi) is 5.44. The van der Waals surface area contributed by atoms with Gasteiger partial charge in [-0.25, -0.2) is 8.42 Å². The molecule has 1 aliphatic heterocycles. The minimum atomic E-state index is -3.39. The van der Waals surface area contributed by atoms with E-state index in [-0.39, 0.29) is 0 Å². The first-order valence-corrected chi connectivity index (χ1v) is 11.1. The van der Waals surface area contributed by atoms with E-state index in [0.29, 0.717) is 30.4 Å². The van der Waals surface area contributed by atoms with Crippen LogP contribution in [0.2, 0.25) is 5.02 Å². The van der Waals surface area contributed by atoms with Gasteiger partial charge in [0.2, 0.25) is 0 Å². The predicted octanol–water partition coefficient (Wildman–Crippen LogP) is 4.09. The van der Waals surface area contributed by atoms with Crippen LogP contribution >= 0.6 is 22.9 Å². The summed E-state index contributed by atoms with van der Waals surface area (Å²) in [6.45, 7) is 8.36. The molecule has 0 radical (unpaired) electrons. The molecule has 7 heteroatoms. The Morgan fingerprint density at radius 1 is 1.12 bits per heavy atom. The molecule has 1 aromatic heterocycles. The van der Waals surface area contributed by atoms with Gasteiger partial charge in [0.15, 0.2) is 0 Å². The van der Waals surface area contributed by atoms with Crippen LogP contribution in [0.3, 0.4) is 0 Å². The SMILES string of the molecule is CCc1ccc(S(=O)(=O)N2CCN(c3c(C)cc(C)cc3Cl)CC2)s1. The summed E-state index contributed by atoms with van der Waals surface area (Å²) >= 11 is 7.81. The molecule has 1 saturated heterocycles. The highest BCUT2D eigenvalue weighted by atomic mass is 35.5. The van der Waals surface area contributed by atoms with Crippen molar-refractivity contribution in [3.63, 3.8) is 0 Å². The van der Waals surface area contributed by atoms with Crippen molar-refractivity contribution in [2.24, 2.45) is 0 Å².